The standard InChI is InChI=1S/C25H24N2O3/c1-13(2)30-21-10-7-14-5-3-4-6-15(14)20(21)12-26-27-24(28)22-16-8-9-17(19-11-18(16)19)23(22)25(27)29/h3-10,12-13,16-19,22-23H,11H2,1-2H3/b26-12-/t16-,17-,18-,19+,22-,23-/m1/s1. The second-order valence-corrected chi connectivity index (χ2v) is 9.25. The highest BCUT2D eigenvalue weighted by atomic mass is 16.5. The lowest BCUT2D eigenvalue weighted by Gasteiger charge is -2.37. The van der Waals surface area contributed by atoms with E-state index in [4.69, 9.17) is 4.74 Å². The average Bonchev–Trinajstić information content (AvgIpc) is 3.52. The van der Waals surface area contributed by atoms with Crippen molar-refractivity contribution in [3.05, 3.63) is 54.1 Å². The number of hydrogen-bond acceptors (Lipinski definition) is 4. The Hall–Kier alpha value is -2.95. The highest BCUT2D eigenvalue weighted by Gasteiger charge is 2.67. The Labute approximate surface area is 175 Å². The maximum Gasteiger partial charge on any atom is 0.254 e. The number of nitrogens with zero attached hydrogens (tertiary/aromatic N) is 2. The summed E-state index contributed by atoms with van der Waals surface area (Å²) in [6, 6.07) is 11.9. The summed E-state index contributed by atoms with van der Waals surface area (Å²) in [6.45, 7) is 3.95. The van der Waals surface area contributed by atoms with Gasteiger partial charge in [-0.2, -0.15) is 10.1 Å². The number of amides is 2. The molecule has 5 aliphatic rings. The SMILES string of the molecule is CC(C)Oc1ccc2ccccc2c1/C=N\N1C(=O)[C@@H]2[C@@H]3C=C[C@H]([C@@H]4C[C@H]34)[C@H]2C1=O. The number of benzene rings is 2. The molecule has 5 heteroatoms. The molecule has 4 aliphatic carbocycles. The van der Waals surface area contributed by atoms with Crippen molar-refractivity contribution in [2.45, 2.75) is 26.4 Å². The third-order valence-electron chi connectivity index (χ3n) is 7.24. The molecule has 1 aliphatic heterocycles. The zero-order chi connectivity index (χ0) is 20.6. The van der Waals surface area contributed by atoms with Gasteiger partial charge < -0.3 is 4.74 Å². The maximum atomic E-state index is 13.2. The number of hydrogen-bond donors (Lipinski definition) is 0. The molecule has 0 radical (unpaired) electrons. The molecule has 6 atom stereocenters. The fourth-order valence-electron chi connectivity index (χ4n) is 5.94. The second kappa shape index (κ2) is 6.27. The Morgan fingerprint density at radius 2 is 1.67 bits per heavy atom. The van der Waals surface area contributed by atoms with Crippen LogP contribution in [-0.2, 0) is 9.59 Å². The Kier molecular flexibility index (Phi) is 3.74. The van der Waals surface area contributed by atoms with Crippen molar-refractivity contribution in [2.75, 3.05) is 0 Å². The van der Waals surface area contributed by atoms with Crippen LogP contribution in [0.1, 0.15) is 25.8 Å². The predicted octanol–water partition coefficient (Wildman–Crippen LogP) is 4.01. The van der Waals surface area contributed by atoms with Crippen LogP contribution >= 0.6 is 0 Å². The molecule has 2 amide bonds. The summed E-state index contributed by atoms with van der Waals surface area (Å²) in [7, 11) is 0. The van der Waals surface area contributed by atoms with Crippen molar-refractivity contribution in [1.82, 2.24) is 5.01 Å². The van der Waals surface area contributed by atoms with Gasteiger partial charge in [0.25, 0.3) is 11.8 Å². The van der Waals surface area contributed by atoms with E-state index in [9.17, 15) is 9.59 Å². The summed E-state index contributed by atoms with van der Waals surface area (Å²) in [5.41, 5.74) is 0.793. The van der Waals surface area contributed by atoms with Gasteiger partial charge in [0.1, 0.15) is 5.75 Å². The van der Waals surface area contributed by atoms with Crippen LogP contribution in [0.15, 0.2) is 53.7 Å². The van der Waals surface area contributed by atoms with Crippen molar-refractivity contribution < 1.29 is 14.3 Å². The van der Waals surface area contributed by atoms with Gasteiger partial charge in [-0.3, -0.25) is 9.59 Å². The van der Waals surface area contributed by atoms with E-state index in [1.54, 1.807) is 6.21 Å². The molecule has 1 saturated heterocycles. The molecule has 2 aromatic rings. The molecule has 0 unspecified atom stereocenters. The number of carbonyl (C=O) groups is 2. The maximum absolute atomic E-state index is 13.2. The summed E-state index contributed by atoms with van der Waals surface area (Å²) in [6.07, 6.45) is 7.15. The van der Waals surface area contributed by atoms with Crippen molar-refractivity contribution in [2.24, 2.45) is 40.6 Å². The van der Waals surface area contributed by atoms with Crippen molar-refractivity contribution in [3.8, 4) is 5.75 Å². The third kappa shape index (κ3) is 2.44. The van der Waals surface area contributed by atoms with E-state index in [2.05, 4.69) is 17.3 Å². The summed E-state index contributed by atoms with van der Waals surface area (Å²) in [5.74, 6) is 1.55. The van der Waals surface area contributed by atoms with Gasteiger partial charge in [-0.05, 0) is 60.8 Å². The lowest BCUT2D eigenvalue weighted by Crippen LogP contribution is -2.40. The van der Waals surface area contributed by atoms with Gasteiger partial charge in [-0.25, -0.2) is 0 Å². The van der Waals surface area contributed by atoms with Gasteiger partial charge in [-0.15, -0.1) is 0 Å². The minimum absolute atomic E-state index is 0.00431. The fraction of sp³-hybridized carbons (Fsp3) is 0.400. The minimum atomic E-state index is -0.229. The van der Waals surface area contributed by atoms with Crippen LogP contribution in [0.3, 0.4) is 0 Å². The molecule has 3 fully saturated rings. The third-order valence-corrected chi connectivity index (χ3v) is 7.24. The van der Waals surface area contributed by atoms with E-state index < -0.39 is 0 Å². The van der Waals surface area contributed by atoms with Gasteiger partial charge >= 0.3 is 0 Å². The zero-order valence-electron chi connectivity index (χ0n) is 17.1. The van der Waals surface area contributed by atoms with E-state index >= 15 is 0 Å². The lowest BCUT2D eigenvalue weighted by atomic mass is 9.63. The molecule has 0 N–H and O–H groups in total. The largest absolute Gasteiger partial charge is 0.490 e. The first-order valence-electron chi connectivity index (χ1n) is 10.8. The Morgan fingerprint density at radius 1 is 1.00 bits per heavy atom. The summed E-state index contributed by atoms with van der Waals surface area (Å²) < 4.78 is 5.99. The fourth-order valence-corrected chi connectivity index (χ4v) is 5.94. The molecular formula is C25H24N2O3. The quantitative estimate of drug-likeness (QED) is 0.443. The number of ether oxygens (including phenoxy) is 1. The average molecular weight is 400 g/mol. The molecule has 2 saturated carbocycles. The summed E-state index contributed by atoms with van der Waals surface area (Å²) in [5, 5.41) is 7.61. The predicted molar refractivity (Wildman–Crippen MR) is 114 cm³/mol. The van der Waals surface area contributed by atoms with Crippen LogP contribution in [0.5, 0.6) is 5.75 Å². The van der Waals surface area contributed by atoms with E-state index in [-0.39, 0.29) is 41.6 Å². The van der Waals surface area contributed by atoms with Crippen LogP contribution in [-0.4, -0.2) is 29.1 Å². The normalized spacial score (nSPS) is 33.6. The number of rotatable bonds is 4. The summed E-state index contributed by atoms with van der Waals surface area (Å²) in [4.78, 5) is 26.4. The first kappa shape index (κ1) is 17.9. The Balaban J connectivity index is 1.38. The monoisotopic (exact) mass is 400 g/mol. The molecule has 5 nitrogen and oxygen atoms in total. The van der Waals surface area contributed by atoms with Crippen LogP contribution in [0.2, 0.25) is 0 Å². The van der Waals surface area contributed by atoms with Crippen molar-refractivity contribution in [3.63, 3.8) is 0 Å². The summed E-state index contributed by atoms with van der Waals surface area (Å²) >= 11 is 0. The van der Waals surface area contributed by atoms with Gasteiger partial charge in [0.05, 0.1) is 24.2 Å². The van der Waals surface area contributed by atoms with Gasteiger partial charge in [0.15, 0.2) is 0 Å². The van der Waals surface area contributed by atoms with Gasteiger partial charge in [-0.1, -0.05) is 42.5 Å². The van der Waals surface area contributed by atoms with Crippen molar-refractivity contribution in [1.29, 1.82) is 0 Å². The molecule has 0 aromatic heterocycles. The number of allylic oxidation sites excluding steroid dienone is 2. The zero-order valence-corrected chi connectivity index (χ0v) is 17.1. The number of carbonyl (C=O) groups excluding carboxylic acids is 2. The van der Waals surface area contributed by atoms with E-state index in [1.807, 2.05) is 50.2 Å². The Bertz CT molecular complexity index is 1100. The molecule has 30 heavy (non-hydrogen) atoms. The Morgan fingerprint density at radius 3 is 2.33 bits per heavy atom. The lowest BCUT2D eigenvalue weighted by molar-refractivity contribution is -0.140. The highest BCUT2D eigenvalue weighted by molar-refractivity contribution is 6.08. The molecule has 2 bridgehead atoms. The number of imide groups is 1. The van der Waals surface area contributed by atoms with Crippen molar-refractivity contribution >= 4 is 28.8 Å². The number of fused-ring (bicyclic) bond motifs is 1. The van der Waals surface area contributed by atoms with Crippen LogP contribution in [0.4, 0.5) is 0 Å². The first-order chi connectivity index (χ1) is 14.5. The molecule has 0 spiro atoms. The van der Waals surface area contributed by atoms with E-state index in [0.717, 1.165) is 27.8 Å². The molecule has 1 heterocycles. The molecule has 7 rings (SSSR count). The van der Waals surface area contributed by atoms with E-state index in [0.29, 0.717) is 17.6 Å². The minimum Gasteiger partial charge on any atom is -0.490 e. The van der Waals surface area contributed by atoms with Crippen LogP contribution in [0, 0.1) is 35.5 Å². The smallest absolute Gasteiger partial charge is 0.254 e. The topological polar surface area (TPSA) is 59.0 Å². The second-order valence-electron chi connectivity index (χ2n) is 9.25. The molecule has 152 valence electrons. The highest BCUT2D eigenvalue weighted by Crippen LogP contribution is 2.65. The van der Waals surface area contributed by atoms with Gasteiger partial charge in [0.2, 0.25) is 0 Å². The van der Waals surface area contributed by atoms with E-state index in [1.165, 1.54) is 0 Å². The first-order valence-corrected chi connectivity index (χ1v) is 10.8. The molecular weight excluding hydrogens is 376 g/mol. The number of hydrazone groups is 1. The molecule has 2 aromatic carbocycles. The van der Waals surface area contributed by atoms with Crippen LogP contribution < -0.4 is 4.74 Å². The van der Waals surface area contributed by atoms with Crippen LogP contribution in [0.25, 0.3) is 10.8 Å². The van der Waals surface area contributed by atoms with Gasteiger partial charge in [0, 0.05) is 5.56 Å².